The zero-order valence-electron chi connectivity index (χ0n) is 6.78. The minimum Gasteiger partial charge on any atom is -0.349 e. The Labute approximate surface area is 70.6 Å². The van der Waals surface area contributed by atoms with E-state index in [1.165, 1.54) is 0 Å². The maximum atomic E-state index is 9.24. The molecule has 66 valence electrons. The molecule has 0 bridgehead atoms. The molecule has 0 spiro atoms. The molecular weight excluding hydrogens is 156 g/mol. The maximum absolute atomic E-state index is 9.24. The lowest BCUT2D eigenvalue weighted by Crippen LogP contribution is -2.46. The van der Waals surface area contributed by atoms with Gasteiger partial charge in [0.2, 0.25) is 0 Å². The number of aryl methyl sites for hydroxylation is 1. The lowest BCUT2D eigenvalue weighted by molar-refractivity contribution is -0.195. The monoisotopic (exact) mass is 168 g/mol. The Bertz CT molecular complexity index is 274. The van der Waals surface area contributed by atoms with Crippen molar-refractivity contribution in [3.05, 3.63) is 35.4 Å². The van der Waals surface area contributed by atoms with Gasteiger partial charge in [-0.25, -0.2) is 5.43 Å². The van der Waals surface area contributed by atoms with Crippen molar-refractivity contribution in [3.8, 4) is 0 Å². The first-order valence-electron chi connectivity index (χ1n) is 3.56. The highest BCUT2D eigenvalue weighted by Crippen LogP contribution is 2.14. The quantitative estimate of drug-likeness (QED) is 0.274. The molecule has 4 nitrogen and oxygen atoms in total. The Kier molecular flexibility index (Phi) is 2.44. The molecule has 0 atom stereocenters. The first kappa shape index (κ1) is 9.15. The molecule has 1 rings (SSSR count). The third-order valence-corrected chi connectivity index (χ3v) is 1.62. The van der Waals surface area contributed by atoms with Gasteiger partial charge in [-0.3, -0.25) is 5.84 Å². The minimum atomic E-state index is -2.15. The van der Waals surface area contributed by atoms with E-state index < -0.39 is 5.91 Å². The first-order chi connectivity index (χ1) is 5.56. The third kappa shape index (κ3) is 1.80. The number of hydrogen-bond donors (Lipinski definition) is 4. The van der Waals surface area contributed by atoms with Crippen LogP contribution in [0.1, 0.15) is 11.1 Å². The second-order valence-electron chi connectivity index (χ2n) is 2.69. The SMILES string of the molecule is Cc1cccc(C(O)(O)NN)c1. The Morgan fingerprint density at radius 2 is 2.08 bits per heavy atom. The highest BCUT2D eigenvalue weighted by molar-refractivity contribution is 5.24. The zero-order chi connectivity index (χ0) is 9.19. The molecule has 0 fully saturated rings. The zero-order valence-corrected chi connectivity index (χ0v) is 6.78. The van der Waals surface area contributed by atoms with Crippen molar-refractivity contribution in [2.45, 2.75) is 12.8 Å². The Morgan fingerprint density at radius 3 is 2.58 bits per heavy atom. The molecule has 0 unspecified atom stereocenters. The highest BCUT2D eigenvalue weighted by atomic mass is 16.5. The summed E-state index contributed by atoms with van der Waals surface area (Å²) in [5.74, 6) is 2.79. The summed E-state index contributed by atoms with van der Waals surface area (Å²) in [4.78, 5) is 0. The van der Waals surface area contributed by atoms with Gasteiger partial charge in [0.1, 0.15) is 0 Å². The molecule has 0 radical (unpaired) electrons. The number of hydrazine groups is 1. The average Bonchev–Trinajstić information content (AvgIpc) is 2.05. The summed E-state index contributed by atoms with van der Waals surface area (Å²) in [6.45, 7) is 1.86. The highest BCUT2D eigenvalue weighted by Gasteiger charge is 2.23. The number of nitrogens with one attached hydrogen (secondary N) is 1. The molecule has 0 aliphatic carbocycles. The lowest BCUT2D eigenvalue weighted by Gasteiger charge is -2.20. The summed E-state index contributed by atoms with van der Waals surface area (Å²) < 4.78 is 0. The van der Waals surface area contributed by atoms with Gasteiger partial charge in [0.25, 0.3) is 5.91 Å². The van der Waals surface area contributed by atoms with Crippen LogP contribution in [0.2, 0.25) is 0 Å². The van der Waals surface area contributed by atoms with Gasteiger partial charge in [0.15, 0.2) is 0 Å². The van der Waals surface area contributed by atoms with Crippen LogP contribution in [0.4, 0.5) is 0 Å². The van der Waals surface area contributed by atoms with Crippen LogP contribution in [0.15, 0.2) is 24.3 Å². The van der Waals surface area contributed by atoms with E-state index in [2.05, 4.69) is 0 Å². The maximum Gasteiger partial charge on any atom is 0.263 e. The van der Waals surface area contributed by atoms with Crippen molar-refractivity contribution in [3.63, 3.8) is 0 Å². The number of aliphatic hydroxyl groups is 2. The summed E-state index contributed by atoms with van der Waals surface area (Å²) in [5, 5.41) is 18.5. The fourth-order valence-corrected chi connectivity index (χ4v) is 0.945. The van der Waals surface area contributed by atoms with Gasteiger partial charge in [-0.1, -0.05) is 23.8 Å². The predicted octanol–water partition coefficient (Wildman–Crippen LogP) is -0.447. The van der Waals surface area contributed by atoms with E-state index in [1.54, 1.807) is 18.2 Å². The van der Waals surface area contributed by atoms with E-state index in [4.69, 9.17) is 5.84 Å². The summed E-state index contributed by atoms with van der Waals surface area (Å²) in [7, 11) is 0. The van der Waals surface area contributed by atoms with Gasteiger partial charge in [-0.05, 0) is 13.0 Å². The summed E-state index contributed by atoms with van der Waals surface area (Å²) in [5.41, 5.74) is 3.16. The average molecular weight is 168 g/mol. The molecule has 5 N–H and O–H groups in total. The number of rotatable bonds is 2. The van der Waals surface area contributed by atoms with Gasteiger partial charge in [-0.15, -0.1) is 0 Å². The largest absolute Gasteiger partial charge is 0.349 e. The van der Waals surface area contributed by atoms with Crippen LogP contribution in [-0.4, -0.2) is 10.2 Å². The smallest absolute Gasteiger partial charge is 0.263 e. The minimum absolute atomic E-state index is 0.324. The van der Waals surface area contributed by atoms with E-state index in [0.29, 0.717) is 5.56 Å². The molecule has 0 amide bonds. The van der Waals surface area contributed by atoms with Gasteiger partial charge in [-0.2, -0.15) is 0 Å². The molecule has 1 aromatic rings. The van der Waals surface area contributed by atoms with E-state index >= 15 is 0 Å². The fourth-order valence-electron chi connectivity index (χ4n) is 0.945. The molecule has 1 aromatic carbocycles. The molecule has 0 aliphatic heterocycles. The van der Waals surface area contributed by atoms with E-state index in [-0.39, 0.29) is 0 Å². The second kappa shape index (κ2) is 3.20. The molecule has 0 saturated carbocycles. The summed E-state index contributed by atoms with van der Waals surface area (Å²) in [6.07, 6.45) is 0. The van der Waals surface area contributed by atoms with Crippen molar-refractivity contribution in [2.24, 2.45) is 5.84 Å². The molecule has 12 heavy (non-hydrogen) atoms. The molecule has 0 saturated heterocycles. The lowest BCUT2D eigenvalue weighted by atomic mass is 10.1. The summed E-state index contributed by atoms with van der Waals surface area (Å²) in [6, 6.07) is 6.80. The number of benzene rings is 1. The van der Waals surface area contributed by atoms with Crippen molar-refractivity contribution >= 4 is 0 Å². The van der Waals surface area contributed by atoms with Crippen LogP contribution in [0.25, 0.3) is 0 Å². The van der Waals surface area contributed by atoms with E-state index in [0.717, 1.165) is 5.56 Å². The van der Waals surface area contributed by atoms with Crippen LogP contribution < -0.4 is 11.3 Å². The fraction of sp³-hybridized carbons (Fsp3) is 0.250. The Balaban J connectivity index is 3.03. The second-order valence-corrected chi connectivity index (χ2v) is 2.69. The molecule has 0 heterocycles. The molecule has 4 heteroatoms. The topological polar surface area (TPSA) is 78.5 Å². The third-order valence-electron chi connectivity index (χ3n) is 1.62. The van der Waals surface area contributed by atoms with E-state index in [9.17, 15) is 10.2 Å². The standard InChI is InChI=1S/C8H12N2O2/c1-6-3-2-4-7(5-6)8(11,12)10-9/h2-5,10-12H,9H2,1H3. The van der Waals surface area contributed by atoms with Gasteiger partial charge in [0, 0.05) is 5.56 Å². The van der Waals surface area contributed by atoms with Crippen LogP contribution in [0.3, 0.4) is 0 Å². The van der Waals surface area contributed by atoms with Crippen LogP contribution in [0.5, 0.6) is 0 Å². The molecule has 0 aromatic heterocycles. The van der Waals surface area contributed by atoms with Crippen molar-refractivity contribution < 1.29 is 10.2 Å². The van der Waals surface area contributed by atoms with Crippen molar-refractivity contribution in [1.82, 2.24) is 5.43 Å². The number of hydrogen-bond acceptors (Lipinski definition) is 4. The van der Waals surface area contributed by atoms with Crippen LogP contribution in [-0.2, 0) is 5.91 Å². The van der Waals surface area contributed by atoms with E-state index in [1.807, 2.05) is 18.4 Å². The Hall–Kier alpha value is -0.940. The summed E-state index contributed by atoms with van der Waals surface area (Å²) >= 11 is 0. The van der Waals surface area contributed by atoms with Crippen LogP contribution in [0, 0.1) is 6.92 Å². The van der Waals surface area contributed by atoms with Gasteiger partial charge < -0.3 is 10.2 Å². The molecule has 0 aliphatic rings. The number of nitrogens with two attached hydrogens (primary N) is 1. The van der Waals surface area contributed by atoms with Crippen molar-refractivity contribution in [2.75, 3.05) is 0 Å². The van der Waals surface area contributed by atoms with Crippen molar-refractivity contribution in [1.29, 1.82) is 0 Å². The predicted molar refractivity (Wildman–Crippen MR) is 44.6 cm³/mol. The first-order valence-corrected chi connectivity index (χ1v) is 3.56. The normalized spacial score (nSPS) is 11.7. The van der Waals surface area contributed by atoms with Gasteiger partial charge in [0.05, 0.1) is 0 Å². The van der Waals surface area contributed by atoms with Crippen LogP contribution >= 0.6 is 0 Å². The van der Waals surface area contributed by atoms with Gasteiger partial charge >= 0.3 is 0 Å². The molecular formula is C8H12N2O2. The Morgan fingerprint density at radius 1 is 1.42 bits per heavy atom.